The minimum Gasteiger partial charge on any atom is -0.385 e. The number of anilines is 1. The van der Waals surface area contributed by atoms with Gasteiger partial charge in [-0.1, -0.05) is 53.6 Å². The maximum Gasteiger partial charge on any atom is 0.261 e. The van der Waals surface area contributed by atoms with Crippen LogP contribution in [-0.4, -0.2) is 104 Å². The van der Waals surface area contributed by atoms with E-state index >= 15 is 0 Å². The summed E-state index contributed by atoms with van der Waals surface area (Å²) in [6, 6.07) is -0.159. The molecule has 0 bridgehead atoms. The van der Waals surface area contributed by atoms with Crippen molar-refractivity contribution >= 4 is 29.2 Å². The zero-order valence-electron chi connectivity index (χ0n) is 23.8. The van der Waals surface area contributed by atoms with E-state index in [-0.39, 0.29) is 53.3 Å². The monoisotopic (exact) mass is 568 g/mol. The number of morpholine rings is 1. The van der Waals surface area contributed by atoms with E-state index in [9.17, 15) is 9.59 Å². The summed E-state index contributed by atoms with van der Waals surface area (Å²) in [5, 5.41) is 6.86. The first-order chi connectivity index (χ1) is 18.0. The van der Waals surface area contributed by atoms with Crippen LogP contribution in [0, 0.1) is 11.8 Å². The Morgan fingerprint density at radius 1 is 1.23 bits per heavy atom. The van der Waals surface area contributed by atoms with E-state index in [0.29, 0.717) is 77.2 Å². The lowest BCUT2D eigenvalue weighted by Gasteiger charge is -2.40. The molecule has 0 aromatic carbocycles. The number of hydrogen-bond acceptors (Lipinski definition) is 8. The predicted molar refractivity (Wildman–Crippen MR) is 155 cm³/mol. The second-order valence-electron chi connectivity index (χ2n) is 11.6. The number of nitrogens with one attached hydrogen (secondary N) is 2. The topological polar surface area (TPSA) is 109 Å². The van der Waals surface area contributed by atoms with Gasteiger partial charge in [-0.3, -0.25) is 9.59 Å². The summed E-state index contributed by atoms with van der Waals surface area (Å²) >= 11 is 6.72. The molecule has 2 atom stereocenters. The van der Waals surface area contributed by atoms with Gasteiger partial charge in [0.05, 0.1) is 19.1 Å². The van der Waals surface area contributed by atoms with Crippen molar-refractivity contribution in [1.29, 1.82) is 0 Å². The number of hydrogen-bond donors (Lipinski definition) is 2. The third-order valence-corrected chi connectivity index (χ3v) is 7.10. The number of piperidine rings is 1. The van der Waals surface area contributed by atoms with Crippen LogP contribution in [0.4, 0.5) is 5.82 Å². The van der Waals surface area contributed by atoms with E-state index in [4.69, 9.17) is 26.1 Å². The van der Waals surface area contributed by atoms with Crippen molar-refractivity contribution in [2.24, 2.45) is 11.8 Å². The first-order valence-electron chi connectivity index (χ1n) is 13.7. The highest BCUT2D eigenvalue weighted by atomic mass is 35.5. The number of amides is 2. The van der Waals surface area contributed by atoms with Crippen LogP contribution >= 0.6 is 11.6 Å². The number of carbonyl (C=O) groups is 2. The zero-order valence-corrected chi connectivity index (χ0v) is 24.6. The Morgan fingerprint density at radius 2 is 1.92 bits per heavy atom. The Bertz CT molecular complexity index is 949. The fourth-order valence-corrected chi connectivity index (χ4v) is 5.08. The molecule has 11 heteroatoms. The van der Waals surface area contributed by atoms with E-state index < -0.39 is 0 Å². The Hall–Kier alpha value is -2.01. The largest absolute Gasteiger partial charge is 0.385 e. The molecule has 39 heavy (non-hydrogen) atoms. The standard InChI is InChI=1S/C27H45ClN6O4.CH4/c1-18(2)17-34(20-14-19(15-29-16-20)24(35)33-9-12-38-13-10-33)25(36)21-22(28)31-26(27(3,4)5)32-23(21)30-8-7-11-37-6;/h18-20,29H,7-17H2,1-6H3,(H,30,31,32);1H4/t19-,20+;/m1./s1. The summed E-state index contributed by atoms with van der Waals surface area (Å²) in [6.07, 6.45) is 1.35. The van der Waals surface area contributed by atoms with E-state index in [2.05, 4.69) is 29.5 Å². The number of methoxy groups -OCH3 is 1. The van der Waals surface area contributed by atoms with Gasteiger partial charge in [-0.15, -0.1) is 0 Å². The van der Waals surface area contributed by atoms with Crippen LogP contribution in [0.1, 0.15) is 71.1 Å². The Kier molecular flexibility index (Phi) is 12.9. The molecule has 1 aromatic rings. The average molecular weight is 569 g/mol. The smallest absolute Gasteiger partial charge is 0.261 e. The average Bonchev–Trinajstić information content (AvgIpc) is 2.88. The minimum absolute atomic E-state index is 0. The Morgan fingerprint density at radius 3 is 2.54 bits per heavy atom. The van der Waals surface area contributed by atoms with Gasteiger partial charge in [0, 0.05) is 64.4 Å². The van der Waals surface area contributed by atoms with Gasteiger partial charge in [-0.05, 0) is 18.8 Å². The van der Waals surface area contributed by atoms with E-state index in [1.54, 1.807) is 7.11 Å². The number of rotatable bonds is 10. The van der Waals surface area contributed by atoms with Gasteiger partial charge in [0.15, 0.2) is 0 Å². The van der Waals surface area contributed by atoms with Gasteiger partial charge < -0.3 is 29.9 Å². The molecule has 222 valence electrons. The van der Waals surface area contributed by atoms with Crippen molar-refractivity contribution in [3.05, 3.63) is 16.5 Å². The molecule has 1 aromatic heterocycles. The third kappa shape index (κ3) is 8.99. The van der Waals surface area contributed by atoms with Gasteiger partial charge in [-0.25, -0.2) is 9.97 Å². The highest BCUT2D eigenvalue weighted by Crippen LogP contribution is 2.30. The molecule has 2 saturated heterocycles. The molecule has 10 nitrogen and oxygen atoms in total. The molecule has 2 N–H and O–H groups in total. The minimum atomic E-state index is -0.341. The van der Waals surface area contributed by atoms with Crippen LogP contribution in [0.15, 0.2) is 0 Å². The first-order valence-corrected chi connectivity index (χ1v) is 14.1. The lowest BCUT2D eigenvalue weighted by molar-refractivity contribution is -0.140. The lowest BCUT2D eigenvalue weighted by Crippen LogP contribution is -2.56. The molecule has 3 heterocycles. The molecule has 2 fully saturated rings. The maximum absolute atomic E-state index is 14.2. The highest BCUT2D eigenvalue weighted by molar-refractivity contribution is 6.33. The highest BCUT2D eigenvalue weighted by Gasteiger charge is 2.37. The predicted octanol–water partition coefficient (Wildman–Crippen LogP) is 3.45. The summed E-state index contributed by atoms with van der Waals surface area (Å²) < 4.78 is 10.6. The molecule has 3 rings (SSSR count). The summed E-state index contributed by atoms with van der Waals surface area (Å²) in [5.41, 5.74) is -0.0639. The van der Waals surface area contributed by atoms with E-state index in [1.807, 2.05) is 30.6 Å². The van der Waals surface area contributed by atoms with E-state index in [0.717, 1.165) is 6.42 Å². The quantitative estimate of drug-likeness (QED) is 0.326. The third-order valence-electron chi connectivity index (χ3n) is 6.83. The fraction of sp³-hybridized carbons (Fsp3) is 0.786. The second-order valence-corrected chi connectivity index (χ2v) is 12.0. The molecule has 0 saturated carbocycles. The SMILES string of the molecule is C.COCCCNc1nc(C(C)(C)C)nc(Cl)c1C(=O)N(CC(C)C)[C@@H]1CNC[C@H](C(=O)N2CCOCC2)C1. The molecule has 0 unspecified atom stereocenters. The van der Waals surface area contributed by atoms with Gasteiger partial charge >= 0.3 is 0 Å². The van der Waals surface area contributed by atoms with E-state index in [1.165, 1.54) is 0 Å². The van der Waals surface area contributed by atoms with Crippen molar-refractivity contribution in [1.82, 2.24) is 25.1 Å². The number of nitrogens with zero attached hydrogens (tertiary/aromatic N) is 4. The van der Waals surface area contributed by atoms with Gasteiger partial charge in [-0.2, -0.15) is 0 Å². The number of aromatic nitrogens is 2. The molecule has 2 aliphatic rings. The van der Waals surface area contributed by atoms with Crippen LogP contribution in [0.5, 0.6) is 0 Å². The molecular formula is C28H49ClN6O4. The van der Waals surface area contributed by atoms with Crippen LogP contribution in [0.2, 0.25) is 5.15 Å². The number of halogens is 1. The lowest BCUT2D eigenvalue weighted by atomic mass is 9.92. The second kappa shape index (κ2) is 15.1. The van der Waals surface area contributed by atoms with Gasteiger partial charge in [0.25, 0.3) is 5.91 Å². The van der Waals surface area contributed by atoms with Crippen LogP contribution < -0.4 is 10.6 Å². The summed E-state index contributed by atoms with van der Waals surface area (Å²) in [4.78, 5) is 40.5. The summed E-state index contributed by atoms with van der Waals surface area (Å²) in [5.74, 6) is 0.939. The number of ether oxygens (including phenoxy) is 2. The molecule has 0 radical (unpaired) electrons. The van der Waals surface area contributed by atoms with Crippen molar-refractivity contribution in [3.8, 4) is 0 Å². The molecule has 2 amide bonds. The van der Waals surface area contributed by atoms with Gasteiger partial charge in [0.2, 0.25) is 5.91 Å². The van der Waals surface area contributed by atoms with Crippen molar-refractivity contribution < 1.29 is 19.1 Å². The summed E-state index contributed by atoms with van der Waals surface area (Å²) in [6.45, 7) is 15.5. The fourth-order valence-electron chi connectivity index (χ4n) is 4.83. The molecule has 0 aliphatic carbocycles. The first kappa shape index (κ1) is 33.2. The van der Waals surface area contributed by atoms with Crippen molar-refractivity contribution in [3.63, 3.8) is 0 Å². The van der Waals surface area contributed by atoms with Crippen molar-refractivity contribution in [2.75, 3.05) is 71.5 Å². The van der Waals surface area contributed by atoms with Crippen LogP contribution in [-0.2, 0) is 19.7 Å². The molecular weight excluding hydrogens is 520 g/mol. The van der Waals surface area contributed by atoms with Crippen LogP contribution in [0.25, 0.3) is 0 Å². The molecule has 2 aliphatic heterocycles. The normalized spacial score (nSPS) is 19.9. The van der Waals surface area contributed by atoms with Crippen molar-refractivity contribution in [2.45, 2.75) is 66.3 Å². The Labute approximate surface area is 239 Å². The summed E-state index contributed by atoms with van der Waals surface area (Å²) in [7, 11) is 1.66. The number of carbonyl (C=O) groups excluding carboxylic acids is 2. The maximum atomic E-state index is 14.2. The van der Waals surface area contributed by atoms with Gasteiger partial charge in [0.1, 0.15) is 22.4 Å². The van der Waals surface area contributed by atoms with Crippen LogP contribution in [0.3, 0.4) is 0 Å². The molecule has 0 spiro atoms. The zero-order chi connectivity index (χ0) is 27.9. The Balaban J connectivity index is 0.00000533.